The lowest BCUT2D eigenvalue weighted by Gasteiger charge is -2.72. The summed E-state index contributed by atoms with van der Waals surface area (Å²) in [5.74, 6) is 2.34. The number of hydrogen-bond acceptors (Lipinski definition) is 1. The van der Waals surface area contributed by atoms with Gasteiger partial charge in [-0.25, -0.2) is 0 Å². The van der Waals surface area contributed by atoms with E-state index >= 15 is 0 Å². The number of aliphatic hydroxyl groups is 1. The quantitative estimate of drug-likeness (QED) is 0.440. The van der Waals surface area contributed by atoms with Gasteiger partial charge in [0.25, 0.3) is 0 Å². The molecule has 0 amide bonds. The zero-order chi connectivity index (χ0) is 20.2. The molecule has 0 aromatic heterocycles. The second-order valence-electron chi connectivity index (χ2n) is 13.2. The second kappa shape index (κ2) is 5.68. The maximum Gasteiger partial charge on any atom is 0.0594 e. The van der Waals surface area contributed by atoms with Gasteiger partial charge in [-0.3, -0.25) is 0 Å². The molecule has 28 heavy (non-hydrogen) atoms. The van der Waals surface area contributed by atoms with Crippen molar-refractivity contribution < 1.29 is 5.11 Å². The van der Waals surface area contributed by atoms with Crippen LogP contribution in [0.1, 0.15) is 106 Å². The van der Waals surface area contributed by atoms with E-state index in [0.29, 0.717) is 27.6 Å². The summed E-state index contributed by atoms with van der Waals surface area (Å²) < 4.78 is 0. The van der Waals surface area contributed by atoms with Crippen LogP contribution in [0.2, 0.25) is 0 Å². The molecule has 0 saturated heterocycles. The van der Waals surface area contributed by atoms with Gasteiger partial charge in [0.1, 0.15) is 0 Å². The molecular formula is C27H44O. The van der Waals surface area contributed by atoms with Gasteiger partial charge in [-0.1, -0.05) is 53.2 Å². The van der Waals surface area contributed by atoms with Crippen LogP contribution in [0.4, 0.5) is 0 Å². The summed E-state index contributed by atoms with van der Waals surface area (Å²) >= 11 is 0. The van der Waals surface area contributed by atoms with Crippen molar-refractivity contribution in [1.29, 1.82) is 0 Å². The molecule has 0 aromatic rings. The first kappa shape index (κ1) is 19.7. The molecule has 5 rings (SSSR count). The van der Waals surface area contributed by atoms with E-state index in [1.54, 1.807) is 0 Å². The van der Waals surface area contributed by atoms with Crippen LogP contribution in [-0.4, -0.2) is 11.2 Å². The van der Waals surface area contributed by atoms with Gasteiger partial charge >= 0.3 is 0 Å². The fourth-order valence-electron chi connectivity index (χ4n) is 10.2. The minimum atomic E-state index is -0.110. The zero-order valence-corrected chi connectivity index (χ0v) is 19.4. The Bertz CT molecular complexity index is 705. The highest BCUT2D eigenvalue weighted by atomic mass is 16.3. The average Bonchev–Trinajstić information content (AvgIpc) is 3.01. The standard InChI is InChI=1S/C27H44O/c1-23(2)20-11-15-27(6)21(25(20,4)14-12-22(23)28)10-9-19-18-8-7-13-24(18,3)16-17-26(19,27)5/h8,19-22,28H,7,9-17H2,1-6H3. The molecule has 4 fully saturated rings. The van der Waals surface area contributed by atoms with E-state index < -0.39 is 0 Å². The molecule has 0 heterocycles. The molecule has 5 aliphatic rings. The van der Waals surface area contributed by atoms with E-state index in [4.69, 9.17) is 0 Å². The highest BCUT2D eigenvalue weighted by Gasteiger charge is 2.68. The third-order valence-corrected chi connectivity index (χ3v) is 12.2. The molecule has 4 saturated carbocycles. The van der Waals surface area contributed by atoms with Crippen molar-refractivity contribution in [3.05, 3.63) is 11.6 Å². The van der Waals surface area contributed by atoms with Crippen LogP contribution >= 0.6 is 0 Å². The number of rotatable bonds is 0. The maximum atomic E-state index is 10.8. The molecule has 158 valence electrons. The molecule has 8 atom stereocenters. The van der Waals surface area contributed by atoms with Crippen molar-refractivity contribution >= 4 is 0 Å². The number of allylic oxidation sites excluding steroid dienone is 2. The molecule has 1 N–H and O–H groups in total. The fourth-order valence-corrected chi connectivity index (χ4v) is 10.2. The van der Waals surface area contributed by atoms with Crippen molar-refractivity contribution in [2.24, 2.45) is 44.8 Å². The Morgan fingerprint density at radius 1 is 0.750 bits per heavy atom. The Hall–Kier alpha value is -0.300. The topological polar surface area (TPSA) is 20.2 Å². The van der Waals surface area contributed by atoms with Crippen LogP contribution in [-0.2, 0) is 0 Å². The Morgan fingerprint density at radius 2 is 1.50 bits per heavy atom. The summed E-state index contributed by atoms with van der Waals surface area (Å²) in [6, 6.07) is 0. The normalized spacial score (nSPS) is 57.5. The predicted molar refractivity (Wildman–Crippen MR) is 117 cm³/mol. The summed E-state index contributed by atoms with van der Waals surface area (Å²) in [4.78, 5) is 0. The molecule has 0 aromatic carbocycles. The van der Waals surface area contributed by atoms with Crippen LogP contribution in [0, 0.1) is 44.8 Å². The minimum absolute atomic E-state index is 0.0746. The maximum absolute atomic E-state index is 10.8. The number of aliphatic hydroxyl groups excluding tert-OH is 1. The summed E-state index contributed by atoms with van der Waals surface area (Å²) in [6.07, 6.45) is 15.9. The Labute approximate surface area is 173 Å². The minimum Gasteiger partial charge on any atom is -0.393 e. The largest absolute Gasteiger partial charge is 0.393 e. The first-order valence-corrected chi connectivity index (χ1v) is 12.4. The lowest BCUT2D eigenvalue weighted by molar-refractivity contribution is -0.228. The Balaban J connectivity index is 1.55. The first-order chi connectivity index (χ1) is 13.0. The van der Waals surface area contributed by atoms with Crippen LogP contribution < -0.4 is 0 Å². The van der Waals surface area contributed by atoms with Crippen LogP contribution in [0.15, 0.2) is 11.6 Å². The van der Waals surface area contributed by atoms with Crippen molar-refractivity contribution in [2.75, 3.05) is 0 Å². The third-order valence-electron chi connectivity index (χ3n) is 12.2. The molecule has 1 nitrogen and oxygen atoms in total. The molecule has 1 heteroatoms. The van der Waals surface area contributed by atoms with E-state index in [1.807, 2.05) is 5.57 Å². The van der Waals surface area contributed by atoms with Gasteiger partial charge in [0.2, 0.25) is 0 Å². The van der Waals surface area contributed by atoms with Crippen LogP contribution in [0.3, 0.4) is 0 Å². The summed E-state index contributed by atoms with van der Waals surface area (Å²) in [5.41, 5.74) is 3.81. The molecule has 0 aliphatic heterocycles. The fraction of sp³-hybridized carbons (Fsp3) is 0.926. The smallest absolute Gasteiger partial charge is 0.0594 e. The van der Waals surface area contributed by atoms with E-state index in [0.717, 1.165) is 18.3 Å². The molecule has 0 radical (unpaired) electrons. The first-order valence-electron chi connectivity index (χ1n) is 12.4. The van der Waals surface area contributed by atoms with Gasteiger partial charge in [0.15, 0.2) is 0 Å². The van der Waals surface area contributed by atoms with Crippen molar-refractivity contribution in [1.82, 2.24) is 0 Å². The molecule has 0 spiro atoms. The summed E-state index contributed by atoms with van der Waals surface area (Å²) in [7, 11) is 0. The van der Waals surface area contributed by atoms with E-state index in [9.17, 15) is 5.11 Å². The summed E-state index contributed by atoms with van der Waals surface area (Å²) in [5, 5.41) is 10.8. The third kappa shape index (κ3) is 2.13. The molecule has 5 aliphatic carbocycles. The second-order valence-corrected chi connectivity index (χ2v) is 13.2. The van der Waals surface area contributed by atoms with Gasteiger partial charge in [0.05, 0.1) is 6.10 Å². The highest BCUT2D eigenvalue weighted by Crippen LogP contribution is 2.76. The van der Waals surface area contributed by atoms with Gasteiger partial charge in [-0.2, -0.15) is 0 Å². The van der Waals surface area contributed by atoms with Crippen LogP contribution in [0.5, 0.6) is 0 Å². The molecule has 0 bridgehead atoms. The van der Waals surface area contributed by atoms with Gasteiger partial charge in [-0.15, -0.1) is 0 Å². The monoisotopic (exact) mass is 384 g/mol. The number of hydrogen-bond donors (Lipinski definition) is 1. The van der Waals surface area contributed by atoms with E-state index in [-0.39, 0.29) is 11.5 Å². The number of fused-ring (bicyclic) bond motifs is 7. The van der Waals surface area contributed by atoms with Crippen LogP contribution in [0.25, 0.3) is 0 Å². The predicted octanol–water partition coefficient (Wildman–Crippen LogP) is 7.14. The van der Waals surface area contributed by atoms with E-state index in [2.05, 4.69) is 47.6 Å². The van der Waals surface area contributed by atoms with Crippen molar-refractivity contribution in [2.45, 2.75) is 112 Å². The summed E-state index contributed by atoms with van der Waals surface area (Å²) in [6.45, 7) is 15.4. The Kier molecular flexibility index (Phi) is 3.99. The van der Waals surface area contributed by atoms with E-state index in [1.165, 1.54) is 57.8 Å². The molecule has 8 unspecified atom stereocenters. The molecular weight excluding hydrogens is 340 g/mol. The van der Waals surface area contributed by atoms with Crippen molar-refractivity contribution in [3.63, 3.8) is 0 Å². The van der Waals surface area contributed by atoms with Gasteiger partial charge < -0.3 is 5.11 Å². The highest BCUT2D eigenvalue weighted by molar-refractivity contribution is 5.31. The van der Waals surface area contributed by atoms with Gasteiger partial charge in [-0.05, 0) is 109 Å². The van der Waals surface area contributed by atoms with Gasteiger partial charge in [0, 0.05) is 0 Å². The Morgan fingerprint density at radius 3 is 2.25 bits per heavy atom. The SMILES string of the molecule is CC12CCC=C1C1CCC3C4(C)CCC(O)C(C)(C)C4CCC3(C)C1(C)CC2. The lowest BCUT2D eigenvalue weighted by Crippen LogP contribution is -2.65. The zero-order valence-electron chi connectivity index (χ0n) is 19.4. The average molecular weight is 385 g/mol. The lowest BCUT2D eigenvalue weighted by atomic mass is 9.33. The van der Waals surface area contributed by atoms with Crippen molar-refractivity contribution in [3.8, 4) is 0 Å².